The lowest BCUT2D eigenvalue weighted by Gasteiger charge is -2.12. The number of aromatic nitrogens is 1. The maximum atomic E-state index is 9.60. The van der Waals surface area contributed by atoms with Crippen molar-refractivity contribution in [2.75, 3.05) is 27.1 Å². The van der Waals surface area contributed by atoms with E-state index >= 15 is 0 Å². The lowest BCUT2D eigenvalue weighted by atomic mass is 10.1. The summed E-state index contributed by atoms with van der Waals surface area (Å²) < 4.78 is 10.3. The van der Waals surface area contributed by atoms with Gasteiger partial charge >= 0.3 is 0 Å². The molecular weight excluding hydrogens is 278 g/mol. The van der Waals surface area contributed by atoms with Crippen molar-refractivity contribution in [3.8, 4) is 0 Å². The number of aliphatic hydroxyl groups is 1. The molecule has 0 bridgehead atoms. The topological polar surface area (TPSA) is 51.6 Å². The van der Waals surface area contributed by atoms with Crippen LogP contribution in [-0.4, -0.2) is 37.2 Å². The number of hydrogen-bond acceptors (Lipinski definition) is 4. The number of benzene rings is 1. The molecule has 1 aromatic heterocycles. The van der Waals surface area contributed by atoms with Gasteiger partial charge < -0.3 is 14.6 Å². The lowest BCUT2D eigenvalue weighted by Crippen LogP contribution is -2.18. The molecule has 4 heteroatoms. The van der Waals surface area contributed by atoms with Crippen LogP contribution in [0.2, 0.25) is 0 Å². The minimum absolute atomic E-state index is 0.140. The van der Waals surface area contributed by atoms with Crippen LogP contribution in [0.15, 0.2) is 42.6 Å². The third kappa shape index (κ3) is 3.19. The molecule has 2 atom stereocenters. The summed E-state index contributed by atoms with van der Waals surface area (Å²) in [6, 6.07) is 10.2. The van der Waals surface area contributed by atoms with E-state index in [4.69, 9.17) is 9.47 Å². The third-order valence-corrected chi connectivity index (χ3v) is 4.29. The monoisotopic (exact) mass is 299 g/mol. The van der Waals surface area contributed by atoms with E-state index in [-0.39, 0.29) is 18.8 Å². The van der Waals surface area contributed by atoms with Crippen molar-refractivity contribution in [3.63, 3.8) is 0 Å². The molecule has 0 saturated heterocycles. The fourth-order valence-corrected chi connectivity index (χ4v) is 2.78. The number of pyridine rings is 1. The van der Waals surface area contributed by atoms with Crippen molar-refractivity contribution >= 4 is 17.0 Å². The average Bonchev–Trinajstić information content (AvgIpc) is 3.27. The number of allylic oxidation sites excluding steroid dienone is 1. The molecule has 2 aromatic rings. The SMILES string of the molecule is COCOCC1(CO)CC1C=Cc1cnc2ccccc2c1. The van der Waals surface area contributed by atoms with E-state index in [9.17, 15) is 5.11 Å². The molecular formula is C18H21NO3. The molecule has 0 spiro atoms. The highest BCUT2D eigenvalue weighted by Crippen LogP contribution is 2.53. The van der Waals surface area contributed by atoms with Gasteiger partial charge in [-0.3, -0.25) is 4.98 Å². The Labute approximate surface area is 130 Å². The minimum atomic E-state index is -0.140. The predicted octanol–water partition coefficient (Wildman–Crippen LogP) is 2.87. The van der Waals surface area contributed by atoms with Crippen LogP contribution in [0.5, 0.6) is 0 Å². The summed E-state index contributed by atoms with van der Waals surface area (Å²) in [6.45, 7) is 0.941. The van der Waals surface area contributed by atoms with Gasteiger partial charge in [0.2, 0.25) is 0 Å². The van der Waals surface area contributed by atoms with Crippen molar-refractivity contribution in [1.82, 2.24) is 4.98 Å². The summed E-state index contributed by atoms with van der Waals surface area (Å²) >= 11 is 0. The van der Waals surface area contributed by atoms with Crippen LogP contribution in [0, 0.1) is 11.3 Å². The molecule has 0 aliphatic heterocycles. The van der Waals surface area contributed by atoms with Crippen molar-refractivity contribution in [1.29, 1.82) is 0 Å². The summed E-state index contributed by atoms with van der Waals surface area (Å²) in [6.07, 6.45) is 7.06. The zero-order chi connectivity index (χ0) is 15.4. The Morgan fingerprint density at radius 3 is 3.09 bits per heavy atom. The van der Waals surface area contributed by atoms with Gasteiger partial charge in [0.25, 0.3) is 0 Å². The van der Waals surface area contributed by atoms with E-state index in [0.29, 0.717) is 12.5 Å². The normalized spacial score (nSPS) is 24.2. The average molecular weight is 299 g/mol. The second-order valence-corrected chi connectivity index (χ2v) is 5.91. The van der Waals surface area contributed by atoms with E-state index in [2.05, 4.69) is 29.3 Å². The van der Waals surface area contributed by atoms with Crippen molar-refractivity contribution in [2.24, 2.45) is 11.3 Å². The first kappa shape index (κ1) is 15.2. The quantitative estimate of drug-likeness (QED) is 0.631. The fourth-order valence-electron chi connectivity index (χ4n) is 2.78. The van der Waals surface area contributed by atoms with E-state index < -0.39 is 0 Å². The second-order valence-electron chi connectivity index (χ2n) is 5.91. The molecule has 1 aliphatic carbocycles. The number of nitrogens with zero attached hydrogens (tertiary/aromatic N) is 1. The van der Waals surface area contributed by atoms with Gasteiger partial charge in [0.15, 0.2) is 0 Å². The third-order valence-electron chi connectivity index (χ3n) is 4.29. The predicted molar refractivity (Wildman–Crippen MR) is 86.2 cm³/mol. The first-order valence-corrected chi connectivity index (χ1v) is 7.48. The summed E-state index contributed by atoms with van der Waals surface area (Å²) in [4.78, 5) is 4.45. The highest BCUT2D eigenvalue weighted by Gasteiger charge is 2.52. The number of para-hydroxylation sites is 1. The molecule has 1 N–H and O–H groups in total. The van der Waals surface area contributed by atoms with Crippen LogP contribution < -0.4 is 0 Å². The lowest BCUT2D eigenvalue weighted by molar-refractivity contribution is -0.0557. The largest absolute Gasteiger partial charge is 0.396 e. The Morgan fingerprint density at radius 1 is 1.41 bits per heavy atom. The molecule has 1 aromatic carbocycles. The van der Waals surface area contributed by atoms with E-state index in [1.165, 1.54) is 0 Å². The van der Waals surface area contributed by atoms with Crippen molar-refractivity contribution in [2.45, 2.75) is 6.42 Å². The van der Waals surface area contributed by atoms with Gasteiger partial charge in [0.05, 0.1) is 18.7 Å². The number of aliphatic hydroxyl groups excluding tert-OH is 1. The van der Waals surface area contributed by atoms with E-state index in [1.54, 1.807) is 7.11 Å². The number of hydrogen-bond donors (Lipinski definition) is 1. The molecule has 22 heavy (non-hydrogen) atoms. The van der Waals surface area contributed by atoms with Gasteiger partial charge in [-0.15, -0.1) is 0 Å². The van der Waals surface area contributed by atoms with Gasteiger partial charge in [-0.25, -0.2) is 0 Å². The van der Waals surface area contributed by atoms with Crippen molar-refractivity contribution < 1.29 is 14.6 Å². The van der Waals surface area contributed by atoms with Crippen LogP contribution >= 0.6 is 0 Å². The smallest absolute Gasteiger partial charge is 0.146 e. The van der Waals surface area contributed by atoms with E-state index in [1.807, 2.05) is 24.4 Å². The van der Waals surface area contributed by atoms with Gasteiger partial charge in [-0.05, 0) is 30.0 Å². The van der Waals surface area contributed by atoms with Crippen molar-refractivity contribution in [3.05, 3.63) is 48.2 Å². The maximum Gasteiger partial charge on any atom is 0.146 e. The van der Waals surface area contributed by atoms with Crippen LogP contribution in [0.25, 0.3) is 17.0 Å². The summed E-state index contributed by atoms with van der Waals surface area (Å²) in [7, 11) is 1.60. The zero-order valence-corrected chi connectivity index (χ0v) is 12.7. The minimum Gasteiger partial charge on any atom is -0.396 e. The Morgan fingerprint density at radius 2 is 2.27 bits per heavy atom. The number of methoxy groups -OCH3 is 1. The van der Waals surface area contributed by atoms with Crippen LogP contribution in [-0.2, 0) is 9.47 Å². The molecule has 1 fully saturated rings. The molecule has 0 radical (unpaired) electrons. The zero-order valence-electron chi connectivity index (χ0n) is 12.7. The summed E-state index contributed by atoms with van der Waals surface area (Å²) in [5, 5.41) is 10.7. The van der Waals surface area contributed by atoms with E-state index in [0.717, 1.165) is 22.9 Å². The maximum absolute atomic E-state index is 9.60. The Balaban J connectivity index is 1.66. The molecule has 116 valence electrons. The number of rotatable bonds is 7. The van der Waals surface area contributed by atoms with Gasteiger partial charge in [-0.2, -0.15) is 0 Å². The number of fused-ring (bicyclic) bond motifs is 1. The van der Waals surface area contributed by atoms with Gasteiger partial charge in [-0.1, -0.05) is 30.4 Å². The van der Waals surface area contributed by atoms with Crippen LogP contribution in [0.3, 0.4) is 0 Å². The highest BCUT2D eigenvalue weighted by molar-refractivity contribution is 5.80. The van der Waals surface area contributed by atoms with Gasteiger partial charge in [0.1, 0.15) is 6.79 Å². The molecule has 1 heterocycles. The standard InChI is InChI=1S/C18H21NO3/c1-21-13-22-12-18(11-20)9-16(18)7-6-14-8-15-4-2-3-5-17(15)19-10-14/h2-8,10,16,20H,9,11-13H2,1H3. The Hall–Kier alpha value is -1.75. The van der Waals surface area contributed by atoms with Gasteiger partial charge in [0, 0.05) is 24.1 Å². The van der Waals surface area contributed by atoms with Crippen LogP contribution in [0.1, 0.15) is 12.0 Å². The second kappa shape index (κ2) is 6.57. The Kier molecular flexibility index (Phi) is 4.52. The highest BCUT2D eigenvalue weighted by atomic mass is 16.7. The molecule has 0 amide bonds. The Bertz CT molecular complexity index is 670. The summed E-state index contributed by atoms with van der Waals surface area (Å²) in [5.74, 6) is 0.348. The molecule has 2 unspecified atom stereocenters. The first-order valence-electron chi connectivity index (χ1n) is 7.48. The first-order chi connectivity index (χ1) is 10.8. The fraction of sp³-hybridized carbons (Fsp3) is 0.389. The molecule has 3 rings (SSSR count). The summed E-state index contributed by atoms with van der Waals surface area (Å²) in [5.41, 5.74) is 1.94. The molecule has 1 aliphatic rings. The molecule has 4 nitrogen and oxygen atoms in total. The van der Waals surface area contributed by atoms with Crippen LogP contribution in [0.4, 0.5) is 0 Å². The number of ether oxygens (including phenoxy) is 2. The molecule has 1 saturated carbocycles.